The predicted molar refractivity (Wildman–Crippen MR) is 106 cm³/mol. The summed E-state index contributed by atoms with van der Waals surface area (Å²) < 4.78 is 64.1. The highest BCUT2D eigenvalue weighted by molar-refractivity contribution is 5.40. The van der Waals surface area contributed by atoms with Gasteiger partial charge in [-0.1, -0.05) is 50.0 Å². The van der Waals surface area contributed by atoms with Crippen molar-refractivity contribution in [1.29, 1.82) is 0 Å². The molecule has 29 heavy (non-hydrogen) atoms. The van der Waals surface area contributed by atoms with Gasteiger partial charge in [-0.15, -0.1) is 0 Å². The van der Waals surface area contributed by atoms with E-state index < -0.39 is 23.4 Å². The van der Waals surface area contributed by atoms with E-state index in [2.05, 4.69) is 31.2 Å². The highest BCUT2D eigenvalue weighted by atomic mass is 19.4. The Kier molecular flexibility index (Phi) is 8.70. The Bertz CT molecular complexity index is 815. The summed E-state index contributed by atoms with van der Waals surface area (Å²) >= 11 is 0. The van der Waals surface area contributed by atoms with Gasteiger partial charge in [0.15, 0.2) is 0 Å². The number of aryl methyl sites for hydroxylation is 3. The smallest absolute Gasteiger partial charge is 0.206 e. The van der Waals surface area contributed by atoms with E-state index in [0.29, 0.717) is 12.0 Å². The molecule has 2 rings (SSSR count). The number of hydrogen-bond donors (Lipinski definition) is 0. The van der Waals surface area contributed by atoms with Crippen molar-refractivity contribution in [2.75, 3.05) is 0 Å². The third-order valence-electron chi connectivity index (χ3n) is 4.70. The topological polar surface area (TPSA) is 0 Å². The summed E-state index contributed by atoms with van der Waals surface area (Å²) in [6.07, 6.45) is 2.85. The van der Waals surface area contributed by atoms with E-state index in [4.69, 9.17) is 0 Å². The quantitative estimate of drug-likeness (QED) is 0.234. The maximum absolute atomic E-state index is 13.9. The molecule has 2 aromatic carbocycles. The number of unbranched alkanes of at least 4 members (excludes halogenated alkanes) is 3. The van der Waals surface area contributed by atoms with Gasteiger partial charge in [0.2, 0.25) is 0 Å². The lowest BCUT2D eigenvalue weighted by Crippen LogP contribution is -2.03. The second kappa shape index (κ2) is 11.0. The third kappa shape index (κ3) is 8.27. The monoisotopic (exact) mass is 408 g/mol. The highest BCUT2D eigenvalue weighted by Crippen LogP contribution is 2.19. The number of alkyl halides is 3. The minimum Gasteiger partial charge on any atom is -0.206 e. The first-order valence-electron chi connectivity index (χ1n) is 9.94. The number of rotatable bonds is 9. The molecule has 0 nitrogen and oxygen atoms in total. The Labute approximate surface area is 169 Å². The van der Waals surface area contributed by atoms with Crippen LogP contribution in [-0.2, 0) is 19.3 Å². The standard InChI is InChI=1S/C24H25F5/c1-2-3-4-7-18-10-12-19(13-11-18)8-5-6-9-20-16-22(25)21(23(26)17-20)14-15-24(27,28)29/h10-13,16-17H,2-9H2,1H3. The van der Waals surface area contributed by atoms with E-state index in [1.165, 1.54) is 36.3 Å². The van der Waals surface area contributed by atoms with Crippen LogP contribution in [0, 0.1) is 23.5 Å². The van der Waals surface area contributed by atoms with Gasteiger partial charge in [-0.2, -0.15) is 13.2 Å². The molecule has 0 aliphatic carbocycles. The van der Waals surface area contributed by atoms with Gasteiger partial charge in [0.05, 0.1) is 5.56 Å². The number of hydrogen-bond acceptors (Lipinski definition) is 0. The maximum Gasteiger partial charge on any atom is 0.458 e. The van der Waals surface area contributed by atoms with E-state index in [9.17, 15) is 22.0 Å². The van der Waals surface area contributed by atoms with E-state index in [1.54, 1.807) is 0 Å². The van der Waals surface area contributed by atoms with Gasteiger partial charge in [-0.3, -0.25) is 0 Å². The fraction of sp³-hybridized carbons (Fsp3) is 0.417. The van der Waals surface area contributed by atoms with E-state index in [1.807, 2.05) is 0 Å². The largest absolute Gasteiger partial charge is 0.458 e. The molecular formula is C24H25F5. The van der Waals surface area contributed by atoms with Crippen LogP contribution in [0.15, 0.2) is 36.4 Å². The minimum atomic E-state index is -4.79. The van der Waals surface area contributed by atoms with Crippen LogP contribution in [0.4, 0.5) is 22.0 Å². The zero-order valence-electron chi connectivity index (χ0n) is 16.5. The second-order valence-electron chi connectivity index (χ2n) is 7.16. The number of benzene rings is 2. The van der Waals surface area contributed by atoms with Gasteiger partial charge in [-0.05, 0) is 67.3 Å². The molecule has 0 N–H and O–H groups in total. The zero-order valence-corrected chi connectivity index (χ0v) is 16.5. The summed E-state index contributed by atoms with van der Waals surface area (Å²) in [6, 6.07) is 10.7. The van der Waals surface area contributed by atoms with Crippen LogP contribution in [0.2, 0.25) is 0 Å². The molecule has 156 valence electrons. The second-order valence-corrected chi connectivity index (χ2v) is 7.16. The van der Waals surface area contributed by atoms with Crippen molar-refractivity contribution in [2.24, 2.45) is 0 Å². The van der Waals surface area contributed by atoms with Gasteiger partial charge >= 0.3 is 6.18 Å². The molecule has 0 aliphatic rings. The molecule has 0 amide bonds. The summed E-state index contributed by atoms with van der Waals surface area (Å²) in [7, 11) is 0. The van der Waals surface area contributed by atoms with Crippen LogP contribution in [0.3, 0.4) is 0 Å². The summed E-state index contributed by atoms with van der Waals surface area (Å²) in [6.45, 7) is 2.18. The molecule has 0 unspecified atom stereocenters. The summed E-state index contributed by atoms with van der Waals surface area (Å²) in [4.78, 5) is 0. The van der Waals surface area contributed by atoms with Gasteiger partial charge in [0.1, 0.15) is 11.6 Å². The molecule has 0 saturated carbocycles. The van der Waals surface area contributed by atoms with Crippen molar-refractivity contribution in [2.45, 2.75) is 64.5 Å². The van der Waals surface area contributed by atoms with Crippen molar-refractivity contribution in [1.82, 2.24) is 0 Å². The van der Waals surface area contributed by atoms with Gasteiger partial charge in [0.25, 0.3) is 0 Å². The van der Waals surface area contributed by atoms with Crippen molar-refractivity contribution >= 4 is 0 Å². The van der Waals surface area contributed by atoms with Crippen LogP contribution >= 0.6 is 0 Å². The number of halogens is 5. The minimum absolute atomic E-state index is 0.420. The van der Waals surface area contributed by atoms with Gasteiger partial charge < -0.3 is 0 Å². The zero-order chi connectivity index (χ0) is 21.3. The molecule has 2 aromatic rings. The Morgan fingerprint density at radius 3 is 1.62 bits per heavy atom. The van der Waals surface area contributed by atoms with Crippen LogP contribution in [-0.4, -0.2) is 6.18 Å². The molecule has 0 aromatic heterocycles. The van der Waals surface area contributed by atoms with Crippen molar-refractivity contribution in [3.8, 4) is 11.8 Å². The molecular weight excluding hydrogens is 383 g/mol. The van der Waals surface area contributed by atoms with Crippen molar-refractivity contribution in [3.05, 3.63) is 70.3 Å². The van der Waals surface area contributed by atoms with Gasteiger partial charge in [0, 0.05) is 5.92 Å². The third-order valence-corrected chi connectivity index (χ3v) is 4.70. The van der Waals surface area contributed by atoms with E-state index in [-0.39, 0.29) is 0 Å². The lowest BCUT2D eigenvalue weighted by molar-refractivity contribution is -0.0696. The molecule has 0 fully saturated rings. The Balaban J connectivity index is 1.84. The fourth-order valence-corrected chi connectivity index (χ4v) is 3.13. The summed E-state index contributed by atoms with van der Waals surface area (Å²) in [5, 5.41) is 0. The van der Waals surface area contributed by atoms with E-state index >= 15 is 0 Å². The average Bonchev–Trinajstić information content (AvgIpc) is 2.65. The van der Waals surface area contributed by atoms with Gasteiger partial charge in [-0.25, -0.2) is 8.78 Å². The first-order valence-corrected chi connectivity index (χ1v) is 9.94. The molecule has 0 heterocycles. The lowest BCUT2D eigenvalue weighted by Gasteiger charge is -2.06. The summed E-state index contributed by atoms with van der Waals surface area (Å²) in [5.74, 6) is 0.311. The first kappa shape index (κ1) is 22.9. The average molecular weight is 408 g/mol. The molecule has 0 aliphatic heterocycles. The Hall–Kier alpha value is -2.35. The molecule has 0 saturated heterocycles. The first-order chi connectivity index (χ1) is 13.8. The fourth-order valence-electron chi connectivity index (χ4n) is 3.13. The van der Waals surface area contributed by atoms with E-state index in [0.717, 1.165) is 43.7 Å². The van der Waals surface area contributed by atoms with Crippen LogP contribution in [0.5, 0.6) is 0 Å². The van der Waals surface area contributed by atoms with Crippen LogP contribution in [0.1, 0.15) is 61.3 Å². The molecule has 0 bridgehead atoms. The lowest BCUT2D eigenvalue weighted by atomic mass is 10.0. The summed E-state index contributed by atoms with van der Waals surface area (Å²) in [5.41, 5.74) is 2.13. The van der Waals surface area contributed by atoms with Crippen molar-refractivity contribution in [3.63, 3.8) is 0 Å². The Morgan fingerprint density at radius 1 is 0.724 bits per heavy atom. The maximum atomic E-state index is 13.9. The molecule has 0 spiro atoms. The molecule has 0 atom stereocenters. The van der Waals surface area contributed by atoms with Crippen LogP contribution < -0.4 is 0 Å². The predicted octanol–water partition coefficient (Wildman–Crippen LogP) is 7.18. The SMILES string of the molecule is CCCCCc1ccc(CCCCc2cc(F)c(C#CC(F)(F)F)c(F)c2)cc1. The van der Waals surface area contributed by atoms with Crippen LogP contribution in [0.25, 0.3) is 0 Å². The molecule has 5 heteroatoms. The molecule has 0 radical (unpaired) electrons. The normalized spacial score (nSPS) is 11.2. The Morgan fingerprint density at radius 2 is 1.17 bits per heavy atom. The van der Waals surface area contributed by atoms with Crippen molar-refractivity contribution < 1.29 is 22.0 Å². The highest BCUT2D eigenvalue weighted by Gasteiger charge is 2.23.